The van der Waals surface area contributed by atoms with Crippen molar-refractivity contribution in [3.05, 3.63) is 29.8 Å². The number of hydrogen-bond acceptors (Lipinski definition) is 3. The van der Waals surface area contributed by atoms with Crippen LogP contribution in [0.5, 0.6) is 5.75 Å². The Bertz CT molecular complexity index is 335. The van der Waals surface area contributed by atoms with E-state index in [0.717, 1.165) is 12.1 Å². The minimum Gasteiger partial charge on any atom is -0.406 e. The van der Waals surface area contributed by atoms with E-state index in [4.69, 9.17) is 5.73 Å². The van der Waals surface area contributed by atoms with Gasteiger partial charge in [-0.2, -0.15) is 0 Å². The lowest BCUT2D eigenvalue weighted by molar-refractivity contribution is -0.274. The minimum absolute atomic E-state index is 0.311. The number of nitrogens with two attached hydrogens (primary N) is 1. The van der Waals surface area contributed by atoms with E-state index in [-0.39, 0.29) is 5.75 Å². The summed E-state index contributed by atoms with van der Waals surface area (Å²) in [5.41, 5.74) is 6.15. The van der Waals surface area contributed by atoms with Crippen LogP contribution in [0.3, 0.4) is 0 Å². The van der Waals surface area contributed by atoms with Crippen molar-refractivity contribution in [1.82, 2.24) is 0 Å². The van der Waals surface area contributed by atoms with Gasteiger partial charge in [0.2, 0.25) is 0 Å². The number of benzene rings is 1. The van der Waals surface area contributed by atoms with Gasteiger partial charge in [-0.15, -0.1) is 13.2 Å². The maximum Gasteiger partial charge on any atom is 0.573 e. The van der Waals surface area contributed by atoms with Crippen molar-refractivity contribution in [2.24, 2.45) is 5.73 Å². The average molecular weight is 235 g/mol. The standard InChI is InChI=1S/C10H12F3NO2/c1-6(15)9(14)7-2-4-8(5-3-7)16-10(11,12)13/h2-6,9,15H,14H2,1H3/t6-,9-/m0/s1. The molecule has 0 aliphatic heterocycles. The molecule has 0 bridgehead atoms. The van der Waals surface area contributed by atoms with Crippen molar-refractivity contribution in [3.63, 3.8) is 0 Å². The summed E-state index contributed by atoms with van der Waals surface area (Å²) in [4.78, 5) is 0. The lowest BCUT2D eigenvalue weighted by Crippen LogP contribution is -2.23. The number of aliphatic hydroxyl groups excluding tert-OH is 1. The first-order valence-corrected chi connectivity index (χ1v) is 4.59. The summed E-state index contributed by atoms with van der Waals surface area (Å²) in [7, 11) is 0. The fourth-order valence-corrected chi connectivity index (χ4v) is 1.17. The zero-order valence-corrected chi connectivity index (χ0v) is 8.53. The lowest BCUT2D eigenvalue weighted by atomic mass is 10.0. The fraction of sp³-hybridized carbons (Fsp3) is 0.400. The van der Waals surface area contributed by atoms with Crippen LogP contribution in [0.4, 0.5) is 13.2 Å². The maximum atomic E-state index is 11.8. The van der Waals surface area contributed by atoms with Crippen molar-refractivity contribution in [3.8, 4) is 5.75 Å². The molecule has 1 aromatic carbocycles. The van der Waals surface area contributed by atoms with E-state index in [1.54, 1.807) is 0 Å². The first-order chi connectivity index (χ1) is 7.29. The Kier molecular flexibility index (Phi) is 3.77. The number of halogens is 3. The molecule has 0 saturated carbocycles. The van der Waals surface area contributed by atoms with E-state index in [2.05, 4.69) is 4.74 Å². The molecule has 0 aliphatic rings. The van der Waals surface area contributed by atoms with E-state index < -0.39 is 18.5 Å². The SMILES string of the molecule is C[C@H](O)[C@H](N)c1ccc(OC(F)(F)F)cc1. The number of ether oxygens (including phenoxy) is 1. The first kappa shape index (κ1) is 12.8. The summed E-state index contributed by atoms with van der Waals surface area (Å²) < 4.78 is 39.2. The van der Waals surface area contributed by atoms with Crippen molar-refractivity contribution in [2.45, 2.75) is 25.4 Å². The van der Waals surface area contributed by atoms with Crippen LogP contribution >= 0.6 is 0 Å². The van der Waals surface area contributed by atoms with Crippen LogP contribution in [0, 0.1) is 0 Å². The molecule has 0 radical (unpaired) electrons. The normalized spacial score (nSPS) is 15.6. The van der Waals surface area contributed by atoms with Crippen LogP contribution in [-0.2, 0) is 0 Å². The van der Waals surface area contributed by atoms with E-state index >= 15 is 0 Å². The van der Waals surface area contributed by atoms with E-state index in [1.807, 2.05) is 0 Å². The summed E-state index contributed by atoms with van der Waals surface area (Å²) in [6.07, 6.45) is -5.47. The summed E-state index contributed by atoms with van der Waals surface area (Å²) in [5, 5.41) is 9.19. The molecule has 3 nitrogen and oxygen atoms in total. The molecule has 0 fully saturated rings. The number of alkyl halides is 3. The third kappa shape index (κ3) is 3.71. The maximum absolute atomic E-state index is 11.8. The van der Waals surface area contributed by atoms with Gasteiger partial charge in [-0.3, -0.25) is 0 Å². The van der Waals surface area contributed by atoms with Crippen LogP contribution in [0.25, 0.3) is 0 Å². The molecular formula is C10H12F3NO2. The first-order valence-electron chi connectivity index (χ1n) is 4.59. The van der Waals surface area contributed by atoms with Crippen molar-refractivity contribution < 1.29 is 23.0 Å². The lowest BCUT2D eigenvalue weighted by Gasteiger charge is -2.15. The van der Waals surface area contributed by atoms with E-state index in [1.165, 1.54) is 19.1 Å². The second-order valence-corrected chi connectivity index (χ2v) is 3.38. The van der Waals surface area contributed by atoms with Gasteiger partial charge in [0.05, 0.1) is 12.1 Å². The summed E-state index contributed by atoms with van der Waals surface area (Å²) in [6, 6.07) is 4.47. The third-order valence-electron chi connectivity index (χ3n) is 2.02. The van der Waals surface area contributed by atoms with Gasteiger partial charge in [-0.1, -0.05) is 12.1 Å². The molecule has 0 saturated heterocycles. The zero-order chi connectivity index (χ0) is 12.3. The van der Waals surface area contributed by atoms with Gasteiger partial charge in [0.25, 0.3) is 0 Å². The molecule has 6 heteroatoms. The number of hydrogen-bond donors (Lipinski definition) is 2. The highest BCUT2D eigenvalue weighted by Gasteiger charge is 2.31. The van der Waals surface area contributed by atoms with Crippen LogP contribution < -0.4 is 10.5 Å². The third-order valence-corrected chi connectivity index (χ3v) is 2.02. The number of rotatable bonds is 3. The van der Waals surface area contributed by atoms with Crippen molar-refractivity contribution in [2.75, 3.05) is 0 Å². The van der Waals surface area contributed by atoms with Crippen LogP contribution in [-0.4, -0.2) is 17.6 Å². The topological polar surface area (TPSA) is 55.5 Å². The van der Waals surface area contributed by atoms with Gasteiger partial charge < -0.3 is 15.6 Å². The van der Waals surface area contributed by atoms with E-state index in [0.29, 0.717) is 5.56 Å². The molecule has 0 aliphatic carbocycles. The molecular weight excluding hydrogens is 223 g/mol. The highest BCUT2D eigenvalue weighted by molar-refractivity contribution is 5.29. The van der Waals surface area contributed by atoms with Gasteiger partial charge >= 0.3 is 6.36 Å². The zero-order valence-electron chi connectivity index (χ0n) is 8.53. The van der Waals surface area contributed by atoms with Crippen LogP contribution in [0.15, 0.2) is 24.3 Å². The monoisotopic (exact) mass is 235 g/mol. The molecule has 90 valence electrons. The highest BCUT2D eigenvalue weighted by Crippen LogP contribution is 2.24. The Labute approximate surface area is 90.6 Å². The summed E-state index contributed by atoms with van der Waals surface area (Å²) >= 11 is 0. The highest BCUT2D eigenvalue weighted by atomic mass is 19.4. The molecule has 0 heterocycles. The Morgan fingerprint density at radius 2 is 1.75 bits per heavy atom. The molecule has 2 atom stereocenters. The number of aliphatic hydroxyl groups is 1. The van der Waals surface area contributed by atoms with Gasteiger partial charge in [0, 0.05) is 0 Å². The minimum atomic E-state index is -4.70. The fourth-order valence-electron chi connectivity index (χ4n) is 1.17. The summed E-state index contributed by atoms with van der Waals surface area (Å²) in [6.45, 7) is 1.50. The van der Waals surface area contributed by atoms with Gasteiger partial charge in [-0.25, -0.2) is 0 Å². The quantitative estimate of drug-likeness (QED) is 0.842. The Morgan fingerprint density at radius 3 is 2.12 bits per heavy atom. The second kappa shape index (κ2) is 4.71. The second-order valence-electron chi connectivity index (χ2n) is 3.38. The van der Waals surface area contributed by atoms with E-state index in [9.17, 15) is 18.3 Å². The molecule has 16 heavy (non-hydrogen) atoms. The Balaban J connectivity index is 2.76. The van der Waals surface area contributed by atoms with Gasteiger partial charge in [-0.05, 0) is 24.6 Å². The van der Waals surface area contributed by atoms with Gasteiger partial charge in [0.15, 0.2) is 0 Å². The largest absolute Gasteiger partial charge is 0.573 e. The van der Waals surface area contributed by atoms with Crippen LogP contribution in [0.2, 0.25) is 0 Å². The molecule has 0 amide bonds. The smallest absolute Gasteiger partial charge is 0.406 e. The molecule has 0 spiro atoms. The van der Waals surface area contributed by atoms with Gasteiger partial charge in [0.1, 0.15) is 5.75 Å². The van der Waals surface area contributed by atoms with Crippen molar-refractivity contribution >= 4 is 0 Å². The van der Waals surface area contributed by atoms with Crippen LogP contribution in [0.1, 0.15) is 18.5 Å². The predicted molar refractivity (Wildman–Crippen MR) is 51.7 cm³/mol. The molecule has 1 rings (SSSR count). The molecule has 0 aromatic heterocycles. The van der Waals surface area contributed by atoms with Crippen molar-refractivity contribution in [1.29, 1.82) is 0 Å². The molecule has 3 N–H and O–H groups in total. The summed E-state index contributed by atoms with van der Waals surface area (Å²) in [5.74, 6) is -0.311. The molecule has 1 aromatic rings. The average Bonchev–Trinajstić information content (AvgIpc) is 2.15. The Hall–Kier alpha value is -1.27. The Morgan fingerprint density at radius 1 is 1.25 bits per heavy atom. The predicted octanol–water partition coefficient (Wildman–Crippen LogP) is 1.97. The molecule has 0 unspecified atom stereocenters.